The van der Waals surface area contributed by atoms with Gasteiger partial charge in [0.25, 0.3) is 5.56 Å². The van der Waals surface area contributed by atoms with Crippen molar-refractivity contribution in [1.82, 2.24) is 24.8 Å². The Hall–Kier alpha value is -3.98. The van der Waals surface area contributed by atoms with Crippen molar-refractivity contribution in [2.45, 2.75) is 43.6 Å². The second-order valence-electron chi connectivity index (χ2n) is 10.0. The molecule has 2 aliphatic rings. The monoisotopic (exact) mass is 562 g/mol. The molecule has 0 radical (unpaired) electrons. The number of nitrogens with zero attached hydrogens (tertiary/aromatic N) is 3. The first-order valence-electron chi connectivity index (χ1n) is 13.3. The summed E-state index contributed by atoms with van der Waals surface area (Å²) < 4.78 is 12.8. The van der Waals surface area contributed by atoms with Gasteiger partial charge in [-0.25, -0.2) is 4.98 Å². The third-order valence-electron chi connectivity index (χ3n) is 7.44. The summed E-state index contributed by atoms with van der Waals surface area (Å²) in [7, 11) is 0. The van der Waals surface area contributed by atoms with E-state index in [9.17, 15) is 24.9 Å². The number of fused-ring (bicyclic) bond motifs is 4. The fraction of sp³-hybridized carbons (Fsp3) is 0.357. The van der Waals surface area contributed by atoms with E-state index in [-0.39, 0.29) is 55.6 Å². The van der Waals surface area contributed by atoms with Crippen molar-refractivity contribution in [2.24, 2.45) is 0 Å². The van der Waals surface area contributed by atoms with Crippen molar-refractivity contribution >= 4 is 23.0 Å². The molecule has 4 aromatic rings. The van der Waals surface area contributed by atoms with Crippen molar-refractivity contribution in [3.8, 4) is 11.1 Å². The van der Waals surface area contributed by atoms with Crippen LogP contribution in [0.5, 0.6) is 0 Å². The normalized spacial score (nSPS) is 20.7. The Morgan fingerprint density at radius 3 is 2.56 bits per heavy atom. The largest absolute Gasteiger partial charge is 0.394 e. The Bertz CT molecular complexity index is 1580. The van der Waals surface area contributed by atoms with Crippen LogP contribution in [0.4, 0.5) is 5.95 Å². The molecule has 6 rings (SSSR count). The highest BCUT2D eigenvalue weighted by Gasteiger charge is 2.35. The summed E-state index contributed by atoms with van der Waals surface area (Å²) >= 11 is 0. The molecule has 13 nitrogen and oxygen atoms in total. The zero-order valence-corrected chi connectivity index (χ0v) is 21.9. The number of H-pyrrole nitrogens is 1. The summed E-state index contributed by atoms with van der Waals surface area (Å²) in [6, 6.07) is 16.2. The van der Waals surface area contributed by atoms with Gasteiger partial charge in [-0.1, -0.05) is 48.5 Å². The molecule has 1 aliphatic heterocycles. The minimum Gasteiger partial charge on any atom is -0.394 e. The number of aromatic nitrogens is 4. The highest BCUT2D eigenvalue weighted by Crippen LogP contribution is 2.44. The molecule has 4 atom stereocenters. The molecule has 41 heavy (non-hydrogen) atoms. The van der Waals surface area contributed by atoms with E-state index in [1.54, 1.807) is 0 Å². The van der Waals surface area contributed by atoms with Crippen LogP contribution in [0.15, 0.2) is 59.7 Å². The average Bonchev–Trinajstić information content (AvgIpc) is 3.65. The summed E-state index contributed by atoms with van der Waals surface area (Å²) in [5.41, 5.74) is 4.25. The van der Waals surface area contributed by atoms with Gasteiger partial charge in [-0.15, -0.1) is 0 Å². The maximum Gasteiger partial charge on any atom is 0.280 e. The summed E-state index contributed by atoms with van der Waals surface area (Å²) in [6.45, 7) is 0.00944. The summed E-state index contributed by atoms with van der Waals surface area (Å²) in [5, 5.41) is 35.1. The average molecular weight is 563 g/mol. The molecule has 0 bridgehead atoms. The molecule has 2 unspecified atom stereocenters. The van der Waals surface area contributed by atoms with Crippen molar-refractivity contribution in [2.75, 3.05) is 25.1 Å². The highest BCUT2D eigenvalue weighted by atomic mass is 16.6. The number of anilines is 1. The van der Waals surface area contributed by atoms with Crippen molar-refractivity contribution < 1.29 is 29.6 Å². The molecule has 214 valence electrons. The zero-order chi connectivity index (χ0) is 28.5. The number of carbonyl (C=O) groups excluding carboxylic acids is 1. The number of nitrogens with one attached hydrogen (secondary N) is 3. The number of aromatic amines is 1. The second kappa shape index (κ2) is 11.5. The lowest BCUT2D eigenvalue weighted by Gasteiger charge is -2.18. The number of carbonyl (C=O) groups is 1. The fourth-order valence-corrected chi connectivity index (χ4v) is 5.44. The van der Waals surface area contributed by atoms with Gasteiger partial charge in [0, 0.05) is 25.3 Å². The van der Waals surface area contributed by atoms with Crippen molar-refractivity contribution in [3.63, 3.8) is 0 Å². The predicted molar refractivity (Wildman–Crippen MR) is 147 cm³/mol. The molecule has 1 amide bonds. The van der Waals surface area contributed by atoms with Crippen LogP contribution in [0, 0.1) is 0 Å². The molecule has 6 N–H and O–H groups in total. The molecule has 1 fully saturated rings. The molecular formula is C28H30N6O7. The minimum atomic E-state index is -1.28. The summed E-state index contributed by atoms with van der Waals surface area (Å²) in [4.78, 5) is 35.9. The van der Waals surface area contributed by atoms with Crippen LogP contribution in [0.25, 0.3) is 22.3 Å². The molecular weight excluding hydrogens is 532 g/mol. The second-order valence-corrected chi connectivity index (χ2v) is 10.0. The van der Waals surface area contributed by atoms with Gasteiger partial charge < -0.3 is 24.8 Å². The Kier molecular flexibility index (Phi) is 7.62. The number of hydrogen-bond donors (Lipinski definition) is 6. The van der Waals surface area contributed by atoms with E-state index in [0.717, 1.165) is 22.3 Å². The quantitative estimate of drug-likeness (QED) is 0.151. The standard InChI is InChI=1S/C28H30N6O7/c35-12-21-20(36)11-23(41-21)34-14-30-24-25(34)32-27(33-26(24)38)31-22(37)9-10-29-28(39)40-13-19-17-7-3-1-5-15(17)16-6-2-4-8-18(16)19/h1-8,14,19-21,23,28-29,35-36,39H,9-13H2,(H2,31,32,33,37,38)/t20?,21-,23-,28?/m1/s1. The Morgan fingerprint density at radius 1 is 1.17 bits per heavy atom. The topological polar surface area (TPSA) is 184 Å². The third-order valence-corrected chi connectivity index (χ3v) is 7.44. The highest BCUT2D eigenvalue weighted by molar-refractivity contribution is 5.89. The van der Waals surface area contributed by atoms with E-state index in [1.165, 1.54) is 10.9 Å². The van der Waals surface area contributed by atoms with E-state index in [2.05, 4.69) is 49.9 Å². The molecule has 1 aliphatic carbocycles. The van der Waals surface area contributed by atoms with Gasteiger partial charge in [0.1, 0.15) is 12.3 Å². The van der Waals surface area contributed by atoms with Crippen molar-refractivity contribution in [1.29, 1.82) is 0 Å². The van der Waals surface area contributed by atoms with Gasteiger partial charge in [0.2, 0.25) is 18.3 Å². The Labute approximate surface area is 233 Å². The van der Waals surface area contributed by atoms with Gasteiger partial charge in [0.15, 0.2) is 11.2 Å². The van der Waals surface area contributed by atoms with E-state index >= 15 is 0 Å². The first kappa shape index (κ1) is 27.2. The Morgan fingerprint density at radius 2 is 1.88 bits per heavy atom. The summed E-state index contributed by atoms with van der Waals surface area (Å²) in [5.74, 6) is -0.549. The van der Waals surface area contributed by atoms with Gasteiger partial charge in [-0.05, 0) is 22.3 Å². The number of imidazole rings is 1. The summed E-state index contributed by atoms with van der Waals surface area (Å²) in [6.07, 6.45) is -2.08. The fourth-order valence-electron chi connectivity index (χ4n) is 5.44. The SMILES string of the molecule is O=C(CCNC(O)OCC1c2ccccc2-c2ccccc21)Nc1nc2c(ncn2[C@H]2CC(O)[C@@H](CO)O2)c(=O)[nH]1. The van der Waals surface area contributed by atoms with Gasteiger partial charge in [-0.2, -0.15) is 4.98 Å². The number of benzene rings is 2. The molecule has 2 aromatic carbocycles. The minimum absolute atomic E-state index is 0.0131. The van der Waals surface area contributed by atoms with Crippen LogP contribution >= 0.6 is 0 Å². The van der Waals surface area contributed by atoms with Gasteiger partial charge >= 0.3 is 0 Å². The van der Waals surface area contributed by atoms with Crippen LogP contribution in [-0.4, -0.2) is 79.1 Å². The lowest BCUT2D eigenvalue weighted by Crippen LogP contribution is -2.35. The zero-order valence-electron chi connectivity index (χ0n) is 21.9. The molecule has 13 heteroatoms. The van der Waals surface area contributed by atoms with Crippen LogP contribution < -0.4 is 16.2 Å². The number of hydrogen-bond acceptors (Lipinski definition) is 10. The van der Waals surface area contributed by atoms with Gasteiger partial charge in [-0.3, -0.25) is 29.8 Å². The number of ether oxygens (including phenoxy) is 2. The van der Waals surface area contributed by atoms with E-state index < -0.39 is 36.3 Å². The lowest BCUT2D eigenvalue weighted by atomic mass is 9.98. The van der Waals surface area contributed by atoms with E-state index in [0.29, 0.717) is 0 Å². The number of aliphatic hydroxyl groups excluding tert-OH is 3. The maximum absolute atomic E-state index is 12.5. The lowest BCUT2D eigenvalue weighted by molar-refractivity contribution is -0.124. The first-order valence-corrected chi connectivity index (χ1v) is 13.3. The Balaban J connectivity index is 1.02. The molecule has 0 spiro atoms. The van der Waals surface area contributed by atoms with E-state index in [1.807, 2.05) is 24.3 Å². The number of aliphatic hydroxyl groups is 3. The third kappa shape index (κ3) is 5.38. The molecule has 3 heterocycles. The molecule has 2 aromatic heterocycles. The van der Waals surface area contributed by atoms with Crippen LogP contribution in [0.3, 0.4) is 0 Å². The smallest absolute Gasteiger partial charge is 0.280 e. The van der Waals surface area contributed by atoms with Crippen LogP contribution in [0.1, 0.15) is 36.1 Å². The molecule has 1 saturated heterocycles. The first-order chi connectivity index (χ1) is 19.9. The molecule has 0 saturated carbocycles. The number of rotatable bonds is 10. The maximum atomic E-state index is 12.5. The van der Waals surface area contributed by atoms with Crippen LogP contribution in [-0.2, 0) is 14.3 Å². The predicted octanol–water partition coefficient (Wildman–Crippen LogP) is 0.783. The van der Waals surface area contributed by atoms with E-state index in [4.69, 9.17) is 9.47 Å². The number of amides is 1. The van der Waals surface area contributed by atoms with Crippen LogP contribution in [0.2, 0.25) is 0 Å². The van der Waals surface area contributed by atoms with Gasteiger partial charge in [0.05, 0.1) is 25.6 Å². The van der Waals surface area contributed by atoms with Crippen molar-refractivity contribution in [3.05, 3.63) is 76.3 Å².